The Labute approximate surface area is 114 Å². The van der Waals surface area contributed by atoms with Crippen molar-refractivity contribution in [3.8, 4) is 6.07 Å². The molecule has 0 fully saturated rings. The van der Waals surface area contributed by atoms with Gasteiger partial charge in [0.2, 0.25) is 5.91 Å². The third-order valence-electron chi connectivity index (χ3n) is 2.57. The second-order valence-corrected chi connectivity index (χ2v) is 4.28. The number of carbonyl (C=O) groups excluding carboxylic acids is 1. The number of hydrogen-bond acceptors (Lipinski definition) is 4. The van der Waals surface area contributed by atoms with Gasteiger partial charge in [-0.05, 0) is 25.1 Å². The molecule has 96 valence electrons. The number of nitriles is 1. The Kier molecular flexibility index (Phi) is 3.78. The number of halogens is 1. The van der Waals surface area contributed by atoms with Crippen molar-refractivity contribution in [3.63, 3.8) is 0 Å². The summed E-state index contributed by atoms with van der Waals surface area (Å²) in [5.41, 5.74) is 0.732. The molecule has 1 aromatic heterocycles. The van der Waals surface area contributed by atoms with E-state index in [1.165, 1.54) is 23.4 Å². The van der Waals surface area contributed by atoms with Crippen LogP contribution in [0.2, 0.25) is 5.02 Å². The standard InChI is InChI=1S/C12H10ClN5O/c1-8(18-7-15-6-16-18)12(19)17-11-4-10(13)3-2-9(11)5-14/h2-4,6-8H,1H3,(H,17,19). The Balaban J connectivity index is 2.20. The van der Waals surface area contributed by atoms with Crippen LogP contribution in [0, 0.1) is 11.3 Å². The maximum absolute atomic E-state index is 12.0. The topological polar surface area (TPSA) is 83.6 Å². The Morgan fingerprint density at radius 3 is 3.00 bits per heavy atom. The molecule has 0 aliphatic rings. The first-order valence-corrected chi connectivity index (χ1v) is 5.84. The summed E-state index contributed by atoms with van der Waals surface area (Å²) in [4.78, 5) is 15.8. The van der Waals surface area contributed by atoms with E-state index in [9.17, 15) is 4.79 Å². The second kappa shape index (κ2) is 5.50. The average molecular weight is 276 g/mol. The van der Waals surface area contributed by atoms with Gasteiger partial charge in [0.15, 0.2) is 0 Å². The van der Waals surface area contributed by atoms with Crippen LogP contribution in [0.15, 0.2) is 30.9 Å². The van der Waals surface area contributed by atoms with Gasteiger partial charge < -0.3 is 5.32 Å². The van der Waals surface area contributed by atoms with Crippen molar-refractivity contribution >= 4 is 23.2 Å². The molecule has 2 rings (SSSR count). The van der Waals surface area contributed by atoms with Crippen LogP contribution < -0.4 is 5.32 Å². The maximum Gasteiger partial charge on any atom is 0.249 e. The van der Waals surface area contributed by atoms with E-state index in [1.54, 1.807) is 19.1 Å². The van der Waals surface area contributed by atoms with Crippen molar-refractivity contribution in [1.82, 2.24) is 14.8 Å². The van der Waals surface area contributed by atoms with E-state index in [1.807, 2.05) is 6.07 Å². The van der Waals surface area contributed by atoms with Crippen molar-refractivity contribution in [3.05, 3.63) is 41.4 Å². The molecular weight excluding hydrogens is 266 g/mol. The highest BCUT2D eigenvalue weighted by molar-refractivity contribution is 6.31. The van der Waals surface area contributed by atoms with Gasteiger partial charge in [0.25, 0.3) is 0 Å². The van der Waals surface area contributed by atoms with Crippen molar-refractivity contribution in [2.24, 2.45) is 0 Å². The fraction of sp³-hybridized carbons (Fsp3) is 0.167. The van der Waals surface area contributed by atoms with Crippen molar-refractivity contribution < 1.29 is 4.79 Å². The molecule has 19 heavy (non-hydrogen) atoms. The first kappa shape index (κ1) is 13.1. The van der Waals surface area contributed by atoms with E-state index in [0.29, 0.717) is 16.3 Å². The number of carbonyl (C=O) groups is 1. The molecular formula is C12H10ClN5O. The smallest absolute Gasteiger partial charge is 0.249 e. The van der Waals surface area contributed by atoms with Gasteiger partial charge in [-0.15, -0.1) is 0 Å². The Hall–Kier alpha value is -2.39. The summed E-state index contributed by atoms with van der Waals surface area (Å²) in [6.07, 6.45) is 2.80. The normalized spacial score (nSPS) is 11.6. The molecule has 1 amide bonds. The van der Waals surface area contributed by atoms with Crippen LogP contribution in [-0.2, 0) is 4.79 Å². The molecule has 0 aliphatic carbocycles. The zero-order valence-corrected chi connectivity index (χ0v) is 10.8. The largest absolute Gasteiger partial charge is 0.323 e. The van der Waals surface area contributed by atoms with E-state index in [2.05, 4.69) is 15.4 Å². The van der Waals surface area contributed by atoms with Crippen molar-refractivity contribution in [2.45, 2.75) is 13.0 Å². The molecule has 0 radical (unpaired) electrons. The number of hydrogen-bond donors (Lipinski definition) is 1. The van der Waals surface area contributed by atoms with Gasteiger partial charge in [-0.2, -0.15) is 10.4 Å². The average Bonchev–Trinajstić information content (AvgIpc) is 2.92. The number of anilines is 1. The molecule has 1 aromatic carbocycles. The lowest BCUT2D eigenvalue weighted by molar-refractivity contribution is -0.119. The first-order chi connectivity index (χ1) is 9.11. The van der Waals surface area contributed by atoms with Gasteiger partial charge >= 0.3 is 0 Å². The molecule has 0 saturated heterocycles. The summed E-state index contributed by atoms with van der Waals surface area (Å²) >= 11 is 5.85. The summed E-state index contributed by atoms with van der Waals surface area (Å²) in [7, 11) is 0. The predicted octanol–water partition coefficient (Wildman–Crippen LogP) is 2.00. The van der Waals surface area contributed by atoms with Gasteiger partial charge in [-0.3, -0.25) is 4.79 Å². The Morgan fingerprint density at radius 1 is 1.58 bits per heavy atom. The SMILES string of the molecule is CC(C(=O)Nc1cc(Cl)ccc1C#N)n1cncn1. The molecule has 0 saturated carbocycles. The molecule has 0 bridgehead atoms. The summed E-state index contributed by atoms with van der Waals surface area (Å²) in [5, 5.41) is 16.0. The molecule has 2 aromatic rings. The maximum atomic E-state index is 12.0. The van der Waals surface area contributed by atoms with Gasteiger partial charge in [-0.25, -0.2) is 9.67 Å². The molecule has 1 atom stereocenters. The molecule has 0 aliphatic heterocycles. The van der Waals surface area contributed by atoms with Crippen molar-refractivity contribution in [2.75, 3.05) is 5.32 Å². The number of nitrogens with one attached hydrogen (secondary N) is 1. The van der Waals surface area contributed by atoms with E-state index in [4.69, 9.17) is 16.9 Å². The number of benzene rings is 1. The third-order valence-corrected chi connectivity index (χ3v) is 2.81. The highest BCUT2D eigenvalue weighted by Crippen LogP contribution is 2.21. The summed E-state index contributed by atoms with van der Waals surface area (Å²) in [6, 6.07) is 6.14. The first-order valence-electron chi connectivity index (χ1n) is 5.46. The zero-order chi connectivity index (χ0) is 13.8. The third kappa shape index (κ3) is 2.89. The Morgan fingerprint density at radius 2 is 2.37 bits per heavy atom. The highest BCUT2D eigenvalue weighted by atomic mass is 35.5. The van der Waals surface area contributed by atoms with Crippen LogP contribution in [-0.4, -0.2) is 20.7 Å². The molecule has 1 N–H and O–H groups in total. The van der Waals surface area contributed by atoms with Gasteiger partial charge in [0, 0.05) is 5.02 Å². The lowest BCUT2D eigenvalue weighted by Gasteiger charge is -2.13. The quantitative estimate of drug-likeness (QED) is 0.928. The van der Waals surface area contributed by atoms with Gasteiger partial charge in [0.1, 0.15) is 24.8 Å². The van der Waals surface area contributed by atoms with Crippen LogP contribution in [0.4, 0.5) is 5.69 Å². The minimum absolute atomic E-state index is 0.302. The number of amides is 1. The lowest BCUT2D eigenvalue weighted by atomic mass is 10.2. The van der Waals surface area contributed by atoms with E-state index in [-0.39, 0.29) is 5.91 Å². The predicted molar refractivity (Wildman–Crippen MR) is 69.5 cm³/mol. The highest BCUT2D eigenvalue weighted by Gasteiger charge is 2.17. The van der Waals surface area contributed by atoms with Crippen LogP contribution >= 0.6 is 11.6 Å². The molecule has 7 heteroatoms. The molecule has 1 heterocycles. The minimum atomic E-state index is -0.534. The van der Waals surface area contributed by atoms with Crippen molar-refractivity contribution in [1.29, 1.82) is 5.26 Å². The monoisotopic (exact) mass is 275 g/mol. The zero-order valence-electron chi connectivity index (χ0n) is 10.0. The Bertz CT molecular complexity index is 632. The molecule has 6 nitrogen and oxygen atoms in total. The van der Waals surface area contributed by atoms with Crippen LogP contribution in [0.1, 0.15) is 18.5 Å². The summed E-state index contributed by atoms with van der Waals surface area (Å²) < 4.78 is 1.42. The lowest BCUT2D eigenvalue weighted by Crippen LogP contribution is -2.24. The number of nitrogens with zero attached hydrogens (tertiary/aromatic N) is 4. The van der Waals surface area contributed by atoms with E-state index >= 15 is 0 Å². The molecule has 0 spiro atoms. The fourth-order valence-corrected chi connectivity index (χ4v) is 1.66. The van der Waals surface area contributed by atoms with Gasteiger partial charge in [0.05, 0.1) is 11.3 Å². The molecule has 1 unspecified atom stereocenters. The van der Waals surface area contributed by atoms with Crippen LogP contribution in [0.25, 0.3) is 0 Å². The fourth-order valence-electron chi connectivity index (χ4n) is 1.49. The van der Waals surface area contributed by atoms with E-state index in [0.717, 1.165) is 0 Å². The summed E-state index contributed by atoms with van der Waals surface area (Å²) in [6.45, 7) is 1.68. The number of rotatable bonds is 3. The van der Waals surface area contributed by atoms with E-state index < -0.39 is 6.04 Å². The van der Waals surface area contributed by atoms with Gasteiger partial charge in [-0.1, -0.05) is 11.6 Å². The minimum Gasteiger partial charge on any atom is -0.323 e. The van der Waals surface area contributed by atoms with Crippen LogP contribution in [0.5, 0.6) is 0 Å². The second-order valence-electron chi connectivity index (χ2n) is 3.84. The van der Waals surface area contributed by atoms with Crippen LogP contribution in [0.3, 0.4) is 0 Å². The number of aromatic nitrogens is 3. The summed E-state index contributed by atoms with van der Waals surface area (Å²) in [5.74, 6) is -0.302.